The number of para-hydroxylation sites is 1. The van der Waals surface area contributed by atoms with Crippen LogP contribution in [0, 0.1) is 0 Å². The fraction of sp³-hybridized carbons (Fsp3) is 0.462. The number of carbonyl (C=O) groups excluding carboxylic acids is 1. The molecule has 1 unspecified atom stereocenters. The van der Waals surface area contributed by atoms with E-state index < -0.39 is 6.10 Å². The second kappa shape index (κ2) is 9.02. The van der Waals surface area contributed by atoms with Crippen LogP contribution < -0.4 is 15.4 Å². The van der Waals surface area contributed by atoms with E-state index in [0.29, 0.717) is 35.3 Å². The molecule has 20 heavy (non-hydrogen) atoms. The largest absolute Gasteiger partial charge is 0.488 e. The summed E-state index contributed by atoms with van der Waals surface area (Å²) in [7, 11) is 1.58. The molecule has 0 aliphatic carbocycles. The topological polar surface area (TPSA) is 70.6 Å². The predicted molar refractivity (Wildman–Crippen MR) is 79.5 cm³/mol. The van der Waals surface area contributed by atoms with Crippen molar-refractivity contribution in [3.8, 4) is 5.75 Å². The van der Waals surface area contributed by atoms with Crippen LogP contribution in [0.3, 0.4) is 0 Å². The third-order valence-electron chi connectivity index (χ3n) is 2.53. The maximum Gasteiger partial charge on any atom is 0.221 e. The van der Waals surface area contributed by atoms with Crippen molar-refractivity contribution in [2.45, 2.75) is 12.5 Å². The zero-order valence-corrected chi connectivity index (χ0v) is 12.7. The number of hydrogen-bond donors (Lipinski definition) is 3. The van der Waals surface area contributed by atoms with Gasteiger partial charge in [-0.2, -0.15) is 0 Å². The van der Waals surface area contributed by atoms with Gasteiger partial charge in [0, 0.05) is 26.6 Å². The molecule has 0 spiro atoms. The molecular weight excluding hydrogens is 303 g/mol. The van der Waals surface area contributed by atoms with Crippen LogP contribution in [0.4, 0.5) is 0 Å². The highest BCUT2D eigenvalue weighted by atomic mass is 35.5. The van der Waals surface area contributed by atoms with Crippen LogP contribution in [0.2, 0.25) is 10.0 Å². The normalized spacial score (nSPS) is 12.0. The number of rotatable bonds is 8. The van der Waals surface area contributed by atoms with Crippen molar-refractivity contribution >= 4 is 29.1 Å². The van der Waals surface area contributed by atoms with E-state index in [-0.39, 0.29) is 12.5 Å². The average Bonchev–Trinajstić information content (AvgIpc) is 2.42. The fourth-order valence-corrected chi connectivity index (χ4v) is 1.96. The van der Waals surface area contributed by atoms with Gasteiger partial charge in [-0.3, -0.25) is 4.79 Å². The minimum absolute atomic E-state index is 0.0499. The first-order valence-corrected chi connectivity index (χ1v) is 6.96. The molecule has 0 radical (unpaired) electrons. The lowest BCUT2D eigenvalue weighted by molar-refractivity contribution is -0.120. The van der Waals surface area contributed by atoms with E-state index in [0.717, 1.165) is 0 Å². The monoisotopic (exact) mass is 320 g/mol. The van der Waals surface area contributed by atoms with Crippen molar-refractivity contribution in [3.05, 3.63) is 28.2 Å². The SMILES string of the molecule is CNC(=O)CCNCC(O)COc1c(Cl)cccc1Cl. The summed E-state index contributed by atoms with van der Waals surface area (Å²) in [6, 6.07) is 5.04. The predicted octanol–water partition coefficient (Wildman–Crippen LogP) is 1.46. The van der Waals surface area contributed by atoms with Gasteiger partial charge in [0.2, 0.25) is 5.91 Å². The first kappa shape index (κ1) is 17.0. The lowest BCUT2D eigenvalue weighted by Crippen LogP contribution is -2.33. The van der Waals surface area contributed by atoms with Gasteiger partial charge in [0.25, 0.3) is 0 Å². The maximum atomic E-state index is 11.0. The standard InChI is InChI=1S/C13H18Cl2N2O3/c1-16-12(19)5-6-17-7-9(18)8-20-13-10(14)3-2-4-11(13)15/h2-4,9,17-18H,5-8H2,1H3,(H,16,19). The zero-order valence-electron chi connectivity index (χ0n) is 11.2. The highest BCUT2D eigenvalue weighted by molar-refractivity contribution is 6.37. The number of nitrogens with one attached hydrogen (secondary N) is 2. The molecule has 1 amide bonds. The molecule has 112 valence electrons. The Morgan fingerprint density at radius 2 is 2.05 bits per heavy atom. The van der Waals surface area contributed by atoms with Crippen LogP contribution in [-0.4, -0.2) is 43.9 Å². The van der Waals surface area contributed by atoms with E-state index >= 15 is 0 Å². The Kier molecular flexibility index (Phi) is 7.69. The third kappa shape index (κ3) is 5.96. The molecule has 0 saturated carbocycles. The fourth-order valence-electron chi connectivity index (χ4n) is 1.45. The summed E-state index contributed by atoms with van der Waals surface area (Å²) in [4.78, 5) is 11.0. The average molecular weight is 321 g/mol. The number of benzene rings is 1. The Hall–Kier alpha value is -1.01. The maximum absolute atomic E-state index is 11.0. The van der Waals surface area contributed by atoms with Gasteiger partial charge in [-0.15, -0.1) is 0 Å². The smallest absolute Gasteiger partial charge is 0.221 e. The van der Waals surface area contributed by atoms with Crippen LogP contribution >= 0.6 is 23.2 Å². The number of ether oxygens (including phenoxy) is 1. The summed E-state index contributed by atoms with van der Waals surface area (Å²) in [5, 5.41) is 16.0. The molecule has 0 aliphatic heterocycles. The molecule has 1 rings (SSSR count). The van der Waals surface area contributed by atoms with E-state index in [1.807, 2.05) is 0 Å². The lowest BCUT2D eigenvalue weighted by atomic mass is 10.3. The van der Waals surface area contributed by atoms with Crippen molar-refractivity contribution in [1.29, 1.82) is 0 Å². The molecule has 1 aromatic rings. The van der Waals surface area contributed by atoms with Gasteiger partial charge in [-0.1, -0.05) is 29.3 Å². The first-order valence-electron chi connectivity index (χ1n) is 6.20. The number of aliphatic hydroxyl groups excluding tert-OH is 1. The molecule has 0 bridgehead atoms. The molecule has 1 aromatic carbocycles. The van der Waals surface area contributed by atoms with E-state index in [1.165, 1.54) is 0 Å². The summed E-state index contributed by atoms with van der Waals surface area (Å²) in [6.07, 6.45) is -0.354. The van der Waals surface area contributed by atoms with E-state index in [9.17, 15) is 9.90 Å². The highest BCUT2D eigenvalue weighted by Crippen LogP contribution is 2.32. The minimum atomic E-state index is -0.716. The molecule has 1 atom stereocenters. The molecule has 7 heteroatoms. The van der Waals surface area contributed by atoms with Crippen LogP contribution in [0.5, 0.6) is 5.75 Å². The summed E-state index contributed by atoms with van der Waals surface area (Å²) in [6.45, 7) is 0.874. The molecule has 0 fully saturated rings. The number of carbonyl (C=O) groups is 1. The molecule has 3 N–H and O–H groups in total. The number of aliphatic hydroxyl groups is 1. The van der Waals surface area contributed by atoms with Crippen LogP contribution in [-0.2, 0) is 4.79 Å². The molecule has 0 aromatic heterocycles. The van der Waals surface area contributed by atoms with Gasteiger partial charge in [0.05, 0.1) is 10.0 Å². The van der Waals surface area contributed by atoms with Gasteiger partial charge < -0.3 is 20.5 Å². The quantitative estimate of drug-likeness (QED) is 0.634. The molecule has 0 aliphatic rings. The van der Waals surface area contributed by atoms with Crippen molar-refractivity contribution < 1.29 is 14.6 Å². The van der Waals surface area contributed by atoms with Gasteiger partial charge in [-0.05, 0) is 12.1 Å². The molecular formula is C13H18Cl2N2O3. The van der Waals surface area contributed by atoms with Crippen molar-refractivity contribution in [1.82, 2.24) is 10.6 Å². The second-order valence-electron chi connectivity index (χ2n) is 4.14. The van der Waals surface area contributed by atoms with Gasteiger partial charge in [0.1, 0.15) is 12.7 Å². The summed E-state index contributed by atoms with van der Waals surface area (Å²) in [5.74, 6) is 0.311. The third-order valence-corrected chi connectivity index (χ3v) is 3.12. The summed E-state index contributed by atoms with van der Waals surface area (Å²) >= 11 is 11.9. The van der Waals surface area contributed by atoms with Crippen molar-refractivity contribution in [3.63, 3.8) is 0 Å². The Balaban J connectivity index is 2.26. The van der Waals surface area contributed by atoms with Crippen LogP contribution in [0.15, 0.2) is 18.2 Å². The Bertz CT molecular complexity index is 423. The molecule has 0 heterocycles. The van der Waals surface area contributed by atoms with Gasteiger partial charge in [-0.25, -0.2) is 0 Å². The second-order valence-corrected chi connectivity index (χ2v) is 4.96. The Labute approximate surface area is 128 Å². The minimum Gasteiger partial charge on any atom is -0.488 e. The first-order chi connectivity index (χ1) is 9.54. The highest BCUT2D eigenvalue weighted by Gasteiger charge is 2.10. The van der Waals surface area contributed by atoms with E-state index in [4.69, 9.17) is 27.9 Å². The summed E-state index contributed by atoms with van der Waals surface area (Å²) < 4.78 is 5.40. The van der Waals surface area contributed by atoms with E-state index in [1.54, 1.807) is 25.2 Å². The zero-order chi connectivity index (χ0) is 15.0. The summed E-state index contributed by atoms with van der Waals surface area (Å²) in [5.41, 5.74) is 0. The van der Waals surface area contributed by atoms with Crippen molar-refractivity contribution in [2.24, 2.45) is 0 Å². The van der Waals surface area contributed by atoms with Gasteiger partial charge >= 0.3 is 0 Å². The van der Waals surface area contributed by atoms with Gasteiger partial charge in [0.15, 0.2) is 5.75 Å². The van der Waals surface area contributed by atoms with Crippen molar-refractivity contribution in [2.75, 3.05) is 26.7 Å². The van der Waals surface area contributed by atoms with Crippen LogP contribution in [0.25, 0.3) is 0 Å². The Morgan fingerprint density at radius 3 is 2.65 bits per heavy atom. The number of halogens is 2. The number of amides is 1. The lowest BCUT2D eigenvalue weighted by Gasteiger charge is -2.14. The molecule has 0 saturated heterocycles. The Morgan fingerprint density at radius 1 is 1.40 bits per heavy atom. The van der Waals surface area contributed by atoms with Crippen LogP contribution in [0.1, 0.15) is 6.42 Å². The van der Waals surface area contributed by atoms with E-state index in [2.05, 4.69) is 10.6 Å². The number of hydrogen-bond acceptors (Lipinski definition) is 4. The molecule has 5 nitrogen and oxygen atoms in total.